The molecular weight excluding hydrogens is 408 g/mol. The molecule has 0 saturated heterocycles. The maximum atomic E-state index is 13.6. The first-order valence-electron chi connectivity index (χ1n) is 10.6. The highest BCUT2D eigenvalue weighted by Gasteiger charge is 2.34. The van der Waals surface area contributed by atoms with Crippen LogP contribution in [0.25, 0.3) is 0 Å². The molecule has 1 atom stereocenters. The van der Waals surface area contributed by atoms with E-state index in [0.29, 0.717) is 27.7 Å². The monoisotopic (exact) mass is 438 g/mol. The largest absolute Gasteiger partial charge is 0.493 e. The average molecular weight is 439 g/mol. The summed E-state index contributed by atoms with van der Waals surface area (Å²) in [5, 5.41) is 4.01. The van der Waals surface area contributed by atoms with Gasteiger partial charge in [-0.2, -0.15) is 0 Å². The van der Waals surface area contributed by atoms with Gasteiger partial charge in [-0.15, -0.1) is 0 Å². The smallest absolute Gasteiger partial charge is 0.193 e. The number of Topliss-reactive ketones (excluding diaryl/α,β-unsaturated/α-hetero) is 1. The van der Waals surface area contributed by atoms with Crippen LogP contribution in [0, 0.1) is 0 Å². The van der Waals surface area contributed by atoms with Gasteiger partial charge in [-0.05, 0) is 57.1 Å². The number of hydrogen-bond acceptors (Lipinski definition) is 4. The number of ether oxygens (including phenoxy) is 2. The Labute approximate surface area is 190 Å². The number of carbonyl (C=O) groups excluding carboxylic acids is 1. The van der Waals surface area contributed by atoms with Gasteiger partial charge >= 0.3 is 0 Å². The fourth-order valence-electron chi connectivity index (χ4n) is 3.78. The molecule has 0 fully saturated rings. The molecule has 31 heavy (non-hydrogen) atoms. The lowest BCUT2D eigenvalue weighted by molar-refractivity contribution is 0.102. The molecule has 2 aromatic rings. The van der Waals surface area contributed by atoms with Gasteiger partial charge < -0.3 is 19.7 Å². The lowest BCUT2D eigenvalue weighted by atomic mass is 9.89. The fraction of sp³-hybridized carbons (Fsp3) is 0.360. The summed E-state index contributed by atoms with van der Waals surface area (Å²) in [5.74, 6) is 1.28. The van der Waals surface area contributed by atoms with Crippen molar-refractivity contribution in [1.82, 2.24) is 10.2 Å². The zero-order chi connectivity index (χ0) is 22.5. The predicted molar refractivity (Wildman–Crippen MR) is 128 cm³/mol. The number of rotatable bonds is 8. The van der Waals surface area contributed by atoms with Crippen LogP contribution >= 0.6 is 12.2 Å². The molecule has 0 bridgehead atoms. The predicted octanol–water partition coefficient (Wildman–Crippen LogP) is 5.28. The van der Waals surface area contributed by atoms with E-state index in [1.165, 1.54) is 0 Å². The van der Waals surface area contributed by atoms with Crippen LogP contribution in [-0.4, -0.2) is 35.6 Å². The summed E-state index contributed by atoms with van der Waals surface area (Å²) in [6.07, 6.45) is 0.950. The first-order valence-corrected chi connectivity index (χ1v) is 11.0. The number of benzene rings is 2. The molecule has 0 aromatic heterocycles. The second-order valence-electron chi connectivity index (χ2n) is 7.81. The fourth-order valence-corrected chi connectivity index (χ4v) is 4.12. The molecule has 1 aliphatic rings. The molecule has 0 aliphatic carbocycles. The molecule has 0 spiro atoms. The van der Waals surface area contributed by atoms with Crippen molar-refractivity contribution in [2.24, 2.45) is 0 Å². The highest BCUT2D eigenvalue weighted by Crippen LogP contribution is 2.37. The van der Waals surface area contributed by atoms with Crippen LogP contribution in [0.1, 0.15) is 56.1 Å². The van der Waals surface area contributed by atoms with Crippen LogP contribution in [0.3, 0.4) is 0 Å². The molecule has 6 heteroatoms. The maximum absolute atomic E-state index is 13.6. The molecule has 2 aromatic carbocycles. The summed E-state index contributed by atoms with van der Waals surface area (Å²) < 4.78 is 11.4. The Morgan fingerprint density at radius 2 is 1.87 bits per heavy atom. The summed E-state index contributed by atoms with van der Waals surface area (Å²) in [6, 6.07) is 14.7. The van der Waals surface area contributed by atoms with Gasteiger partial charge in [0, 0.05) is 23.4 Å². The molecule has 1 unspecified atom stereocenters. The summed E-state index contributed by atoms with van der Waals surface area (Å²) in [6.45, 7) is 8.76. The Kier molecular flexibility index (Phi) is 7.33. The molecule has 0 radical (unpaired) electrons. The van der Waals surface area contributed by atoms with E-state index in [9.17, 15) is 4.79 Å². The third kappa shape index (κ3) is 4.90. The second-order valence-corrected chi connectivity index (χ2v) is 8.19. The highest BCUT2D eigenvalue weighted by molar-refractivity contribution is 7.80. The van der Waals surface area contributed by atoms with Crippen LogP contribution in [0.5, 0.6) is 11.5 Å². The van der Waals surface area contributed by atoms with Crippen molar-refractivity contribution in [3.05, 3.63) is 70.9 Å². The number of thiocarbonyl (C=S) groups is 1. The Balaban J connectivity index is 2.11. The minimum Gasteiger partial charge on any atom is -0.493 e. The number of carbonyl (C=O) groups is 1. The van der Waals surface area contributed by atoms with Crippen LogP contribution < -0.4 is 14.8 Å². The molecular formula is C25H30N2O3S. The van der Waals surface area contributed by atoms with E-state index in [4.69, 9.17) is 21.7 Å². The summed E-state index contributed by atoms with van der Waals surface area (Å²) in [7, 11) is 1.62. The Hall–Kier alpha value is -2.86. The van der Waals surface area contributed by atoms with E-state index in [2.05, 4.69) is 12.2 Å². The SMILES string of the molecule is CCCN1C(=S)NC(c2ccc(OC(C)C)c(OC)c2)C(C(=O)c2ccccc2)=C1C. The van der Waals surface area contributed by atoms with Crippen molar-refractivity contribution in [1.29, 1.82) is 0 Å². The first-order chi connectivity index (χ1) is 14.9. The third-order valence-corrected chi connectivity index (χ3v) is 5.55. The standard InChI is InChI=1S/C25H30N2O3S/c1-6-14-27-17(4)22(24(28)18-10-8-7-9-11-18)23(26-25(27)31)19-12-13-20(30-16(2)3)21(15-19)29-5/h7-13,15-16,23H,6,14H2,1-5H3,(H,26,31). The molecule has 0 saturated carbocycles. The van der Waals surface area contributed by atoms with E-state index < -0.39 is 0 Å². The number of allylic oxidation sites excluding steroid dienone is 1. The normalized spacial score (nSPS) is 16.4. The van der Waals surface area contributed by atoms with Crippen LogP contribution in [-0.2, 0) is 0 Å². The molecule has 1 N–H and O–H groups in total. The molecule has 1 heterocycles. The van der Waals surface area contributed by atoms with Gasteiger partial charge in [0.2, 0.25) is 0 Å². The zero-order valence-corrected chi connectivity index (χ0v) is 19.6. The first kappa shape index (κ1) is 22.8. The van der Waals surface area contributed by atoms with Gasteiger partial charge in [-0.1, -0.05) is 43.3 Å². The van der Waals surface area contributed by atoms with Crippen molar-refractivity contribution in [2.75, 3.05) is 13.7 Å². The summed E-state index contributed by atoms with van der Waals surface area (Å²) in [5.41, 5.74) is 3.11. The number of nitrogens with zero attached hydrogens (tertiary/aromatic N) is 1. The van der Waals surface area contributed by atoms with Crippen LogP contribution in [0.4, 0.5) is 0 Å². The van der Waals surface area contributed by atoms with Gasteiger partial charge in [-0.25, -0.2) is 0 Å². The quantitative estimate of drug-likeness (QED) is 0.447. The topological polar surface area (TPSA) is 50.8 Å². The van der Waals surface area contributed by atoms with E-state index >= 15 is 0 Å². The van der Waals surface area contributed by atoms with Gasteiger partial charge in [-0.3, -0.25) is 4.79 Å². The number of methoxy groups -OCH3 is 1. The second kappa shape index (κ2) is 9.96. The van der Waals surface area contributed by atoms with Crippen molar-refractivity contribution in [3.63, 3.8) is 0 Å². The summed E-state index contributed by atoms with van der Waals surface area (Å²) in [4.78, 5) is 15.6. The van der Waals surface area contributed by atoms with Crippen molar-refractivity contribution >= 4 is 23.1 Å². The minimum atomic E-state index is -0.379. The van der Waals surface area contributed by atoms with E-state index in [-0.39, 0.29) is 17.9 Å². The lowest BCUT2D eigenvalue weighted by Crippen LogP contribution is -2.47. The maximum Gasteiger partial charge on any atom is 0.193 e. The number of ketones is 1. The van der Waals surface area contributed by atoms with E-state index in [0.717, 1.165) is 24.2 Å². The molecule has 1 aliphatic heterocycles. The average Bonchev–Trinajstić information content (AvgIpc) is 2.76. The lowest BCUT2D eigenvalue weighted by Gasteiger charge is -2.38. The van der Waals surface area contributed by atoms with Gasteiger partial charge in [0.05, 0.1) is 19.3 Å². The van der Waals surface area contributed by atoms with E-state index in [1.807, 2.05) is 74.2 Å². The Morgan fingerprint density at radius 3 is 2.48 bits per heavy atom. The van der Waals surface area contributed by atoms with Gasteiger partial charge in [0.25, 0.3) is 0 Å². The molecule has 164 valence electrons. The van der Waals surface area contributed by atoms with Crippen LogP contribution in [0.15, 0.2) is 59.8 Å². The van der Waals surface area contributed by atoms with Crippen molar-refractivity contribution in [2.45, 2.75) is 46.3 Å². The van der Waals surface area contributed by atoms with Crippen molar-refractivity contribution in [3.8, 4) is 11.5 Å². The Morgan fingerprint density at radius 1 is 1.16 bits per heavy atom. The number of nitrogens with one attached hydrogen (secondary N) is 1. The van der Waals surface area contributed by atoms with Crippen molar-refractivity contribution < 1.29 is 14.3 Å². The number of hydrogen-bond donors (Lipinski definition) is 1. The minimum absolute atomic E-state index is 0.0133. The molecule has 0 amide bonds. The van der Waals surface area contributed by atoms with Crippen LogP contribution in [0.2, 0.25) is 0 Å². The van der Waals surface area contributed by atoms with Gasteiger partial charge in [0.1, 0.15) is 0 Å². The van der Waals surface area contributed by atoms with Gasteiger partial charge in [0.15, 0.2) is 22.4 Å². The molecule has 5 nitrogen and oxygen atoms in total. The third-order valence-electron chi connectivity index (χ3n) is 5.21. The molecule has 3 rings (SSSR count). The Bertz CT molecular complexity index is 986. The highest BCUT2D eigenvalue weighted by atomic mass is 32.1. The summed E-state index contributed by atoms with van der Waals surface area (Å²) >= 11 is 5.66. The van der Waals surface area contributed by atoms with E-state index in [1.54, 1.807) is 7.11 Å². The zero-order valence-electron chi connectivity index (χ0n) is 18.8.